The molecule has 0 aromatic heterocycles. The van der Waals surface area contributed by atoms with Crippen LogP contribution in [0.4, 0.5) is 4.79 Å². The van der Waals surface area contributed by atoms with Crippen LogP contribution in [-0.4, -0.2) is 60.5 Å². The molecule has 0 fully saturated rings. The van der Waals surface area contributed by atoms with Crippen molar-refractivity contribution in [2.45, 2.75) is 18.1 Å². The molecule has 0 saturated carbocycles. The van der Waals surface area contributed by atoms with Gasteiger partial charge < -0.3 is 25.2 Å². The fourth-order valence-electron chi connectivity index (χ4n) is 4.28. The smallest absolute Gasteiger partial charge is 0.407 e. The van der Waals surface area contributed by atoms with Gasteiger partial charge in [-0.05, 0) is 39.9 Å². The summed E-state index contributed by atoms with van der Waals surface area (Å²) in [6.07, 6.45) is -3.22. The highest BCUT2D eigenvalue weighted by atomic mass is 16.5. The Morgan fingerprint density at radius 1 is 0.941 bits per heavy atom. The lowest BCUT2D eigenvalue weighted by Crippen LogP contribution is -2.36. The van der Waals surface area contributed by atoms with Crippen molar-refractivity contribution in [2.75, 3.05) is 27.2 Å². The van der Waals surface area contributed by atoms with Gasteiger partial charge >= 0.3 is 6.09 Å². The number of fused-ring (bicyclic) bond motifs is 3. The molecule has 0 aliphatic heterocycles. The lowest BCUT2D eigenvalue weighted by atomic mass is 9.98. The van der Waals surface area contributed by atoms with Crippen molar-refractivity contribution in [1.29, 1.82) is 0 Å². The number of hydrogen-bond acceptors (Lipinski definition) is 5. The second kappa shape index (κ2) is 10.1. The Labute approximate surface area is 198 Å². The van der Waals surface area contributed by atoms with Crippen molar-refractivity contribution in [1.82, 2.24) is 10.2 Å². The molecule has 7 heteroatoms. The Hall–Kier alpha value is -3.68. The molecule has 1 aliphatic carbocycles. The molecular weight excluding hydrogens is 432 g/mol. The van der Waals surface area contributed by atoms with Crippen LogP contribution in [0.25, 0.3) is 11.1 Å². The third-order valence-corrected chi connectivity index (χ3v) is 6.04. The van der Waals surface area contributed by atoms with E-state index in [4.69, 9.17) is 4.74 Å². The largest absolute Gasteiger partial charge is 0.449 e. The van der Waals surface area contributed by atoms with E-state index in [0.717, 1.165) is 22.3 Å². The van der Waals surface area contributed by atoms with Crippen molar-refractivity contribution >= 4 is 12.0 Å². The first kappa shape index (κ1) is 23.5. The first-order valence-electron chi connectivity index (χ1n) is 11.1. The zero-order chi connectivity index (χ0) is 24.2. The molecule has 0 heterocycles. The summed E-state index contributed by atoms with van der Waals surface area (Å²) in [6, 6.07) is 22.5. The van der Waals surface area contributed by atoms with E-state index < -0.39 is 18.3 Å². The van der Waals surface area contributed by atoms with Crippen LogP contribution < -0.4 is 5.32 Å². The Morgan fingerprint density at radius 2 is 1.56 bits per heavy atom. The van der Waals surface area contributed by atoms with E-state index in [-0.39, 0.29) is 25.0 Å². The van der Waals surface area contributed by atoms with E-state index in [1.807, 2.05) is 36.4 Å². The summed E-state index contributed by atoms with van der Waals surface area (Å²) in [5, 5.41) is 23.4. The Balaban J connectivity index is 1.33. The fourth-order valence-corrected chi connectivity index (χ4v) is 4.28. The maximum Gasteiger partial charge on any atom is 0.407 e. The number of nitrogens with one attached hydrogen (secondary N) is 1. The van der Waals surface area contributed by atoms with E-state index in [0.29, 0.717) is 11.1 Å². The predicted molar refractivity (Wildman–Crippen MR) is 128 cm³/mol. The molecule has 3 aromatic carbocycles. The Morgan fingerprint density at radius 3 is 2.18 bits per heavy atom. The first-order chi connectivity index (χ1) is 16.4. The third-order valence-electron chi connectivity index (χ3n) is 6.04. The van der Waals surface area contributed by atoms with E-state index in [1.165, 1.54) is 11.0 Å². The zero-order valence-corrected chi connectivity index (χ0v) is 19.1. The van der Waals surface area contributed by atoms with Crippen molar-refractivity contribution < 1.29 is 24.5 Å². The normalized spacial score (nSPS) is 14.0. The number of ether oxygens (including phenoxy) is 1. The minimum Gasteiger partial charge on any atom is -0.449 e. The Kier molecular flexibility index (Phi) is 6.95. The van der Waals surface area contributed by atoms with E-state index in [1.54, 1.807) is 32.3 Å². The molecule has 2 unspecified atom stereocenters. The van der Waals surface area contributed by atoms with Crippen molar-refractivity contribution in [3.63, 3.8) is 0 Å². The van der Waals surface area contributed by atoms with E-state index >= 15 is 0 Å². The van der Waals surface area contributed by atoms with Gasteiger partial charge in [0.15, 0.2) is 0 Å². The highest BCUT2D eigenvalue weighted by molar-refractivity contribution is 5.94. The molecule has 7 nitrogen and oxygen atoms in total. The highest BCUT2D eigenvalue weighted by Gasteiger charge is 2.29. The fraction of sp³-hybridized carbons (Fsp3) is 0.259. The van der Waals surface area contributed by atoms with Gasteiger partial charge in [0.2, 0.25) is 0 Å². The number of nitrogens with zero attached hydrogens (tertiary/aromatic N) is 1. The number of carbonyl (C=O) groups excluding carboxylic acids is 2. The van der Waals surface area contributed by atoms with Gasteiger partial charge in [0.1, 0.15) is 18.8 Å². The quantitative estimate of drug-likeness (QED) is 0.502. The molecule has 4 rings (SSSR count). The van der Waals surface area contributed by atoms with Crippen LogP contribution in [0.1, 0.15) is 39.1 Å². The molecule has 1 aliphatic rings. The van der Waals surface area contributed by atoms with Crippen LogP contribution in [0, 0.1) is 0 Å². The number of rotatable bonds is 7. The van der Waals surface area contributed by atoms with Crippen LogP contribution in [0.3, 0.4) is 0 Å². The van der Waals surface area contributed by atoms with Crippen molar-refractivity contribution in [3.05, 3.63) is 95.1 Å². The molecule has 3 N–H and O–H groups in total. The minimum absolute atomic E-state index is 0.0642. The molecule has 0 spiro atoms. The van der Waals surface area contributed by atoms with Crippen LogP contribution in [0.15, 0.2) is 72.8 Å². The first-order valence-corrected chi connectivity index (χ1v) is 11.1. The number of amides is 2. The van der Waals surface area contributed by atoms with Crippen LogP contribution >= 0.6 is 0 Å². The minimum atomic E-state index is -1.27. The third kappa shape index (κ3) is 4.81. The predicted octanol–water partition coefficient (Wildman–Crippen LogP) is 3.32. The summed E-state index contributed by atoms with van der Waals surface area (Å²) < 4.78 is 5.46. The highest BCUT2D eigenvalue weighted by Crippen LogP contribution is 2.44. The number of hydrogen-bond donors (Lipinski definition) is 3. The lowest BCUT2D eigenvalue weighted by Gasteiger charge is -2.20. The van der Waals surface area contributed by atoms with Gasteiger partial charge in [-0.3, -0.25) is 4.79 Å². The summed E-state index contributed by atoms with van der Waals surface area (Å²) in [5.41, 5.74) is 5.28. The summed E-state index contributed by atoms with van der Waals surface area (Å²) in [7, 11) is 3.27. The molecule has 2 atom stereocenters. The molecule has 34 heavy (non-hydrogen) atoms. The van der Waals surface area contributed by atoms with E-state index in [2.05, 4.69) is 17.4 Å². The van der Waals surface area contributed by atoms with Crippen molar-refractivity contribution in [3.8, 4) is 11.1 Å². The number of aliphatic hydroxyl groups excluding tert-OH is 2. The van der Waals surface area contributed by atoms with Gasteiger partial charge in [-0.2, -0.15) is 0 Å². The number of carbonyl (C=O) groups is 2. The average molecular weight is 461 g/mol. The number of aliphatic hydroxyl groups is 2. The van der Waals surface area contributed by atoms with E-state index in [9.17, 15) is 19.8 Å². The molecule has 0 bridgehead atoms. The average Bonchev–Trinajstić information content (AvgIpc) is 3.18. The van der Waals surface area contributed by atoms with Gasteiger partial charge in [-0.1, -0.05) is 60.7 Å². The lowest BCUT2D eigenvalue weighted by molar-refractivity contribution is 0.0185. The van der Waals surface area contributed by atoms with Gasteiger partial charge in [0, 0.05) is 32.1 Å². The van der Waals surface area contributed by atoms with Gasteiger partial charge in [-0.25, -0.2) is 4.79 Å². The molecule has 3 aromatic rings. The standard InChI is InChI=1S/C27H28N2O5/c1-29(2)26(32)18-9-7-8-17(14-18)25(31)24(30)15-28-27(33)34-16-23-21-12-5-3-10-19(21)20-11-4-6-13-22(20)23/h3-14,23-25,30-31H,15-16H2,1-2H3,(H,28,33). The molecule has 176 valence electrons. The van der Waals surface area contributed by atoms with Crippen LogP contribution in [-0.2, 0) is 4.74 Å². The summed E-state index contributed by atoms with van der Waals surface area (Å²) in [5.74, 6) is -0.272. The maximum atomic E-state index is 12.3. The molecule has 0 radical (unpaired) electrons. The second-order valence-electron chi connectivity index (χ2n) is 8.54. The van der Waals surface area contributed by atoms with Gasteiger partial charge in [0.05, 0.1) is 0 Å². The zero-order valence-electron chi connectivity index (χ0n) is 19.1. The second-order valence-corrected chi connectivity index (χ2v) is 8.54. The summed E-state index contributed by atoms with van der Waals surface area (Å²) in [6.45, 7) is -0.0447. The summed E-state index contributed by atoms with van der Waals surface area (Å²) in [4.78, 5) is 25.9. The van der Waals surface area contributed by atoms with Crippen molar-refractivity contribution in [2.24, 2.45) is 0 Å². The number of benzene rings is 3. The van der Waals surface area contributed by atoms with Gasteiger partial charge in [-0.15, -0.1) is 0 Å². The topological polar surface area (TPSA) is 99.1 Å². The summed E-state index contributed by atoms with van der Waals surface area (Å²) >= 11 is 0. The monoisotopic (exact) mass is 460 g/mol. The SMILES string of the molecule is CN(C)C(=O)c1cccc(C(O)C(O)CNC(=O)OCC2c3ccccc3-c3ccccc32)c1. The van der Waals surface area contributed by atoms with Gasteiger partial charge in [0.25, 0.3) is 5.91 Å². The Bertz CT molecular complexity index is 1150. The van der Waals surface area contributed by atoms with Crippen LogP contribution in [0.2, 0.25) is 0 Å². The molecule has 0 saturated heterocycles. The molecular formula is C27H28N2O5. The number of alkyl carbamates (subject to hydrolysis) is 1. The molecule has 2 amide bonds. The maximum absolute atomic E-state index is 12.3. The van der Waals surface area contributed by atoms with Crippen LogP contribution in [0.5, 0.6) is 0 Å².